The van der Waals surface area contributed by atoms with Gasteiger partial charge in [-0.05, 0) is 12.8 Å². The van der Waals surface area contributed by atoms with E-state index in [1.807, 2.05) is 0 Å². The zero-order valence-electron chi connectivity index (χ0n) is 10.6. The minimum absolute atomic E-state index is 0.0441. The lowest BCUT2D eigenvalue weighted by atomic mass is 10.0. The van der Waals surface area contributed by atoms with Crippen molar-refractivity contribution < 1.29 is 24.0 Å². The van der Waals surface area contributed by atoms with E-state index in [2.05, 4.69) is 15.8 Å². The van der Waals surface area contributed by atoms with Crippen molar-refractivity contribution in [3.63, 3.8) is 0 Å². The molecule has 0 aliphatic rings. The third kappa shape index (κ3) is 5.66. The first kappa shape index (κ1) is 14.7. The summed E-state index contributed by atoms with van der Waals surface area (Å²) in [7, 11) is 0. The van der Waals surface area contributed by atoms with Crippen LogP contribution in [0.3, 0.4) is 0 Å². The van der Waals surface area contributed by atoms with E-state index in [1.165, 1.54) is 6.07 Å². The molecule has 3 N–H and O–H groups in total. The summed E-state index contributed by atoms with van der Waals surface area (Å²) < 4.78 is 4.74. The van der Waals surface area contributed by atoms with Crippen molar-refractivity contribution in [2.45, 2.75) is 26.7 Å². The van der Waals surface area contributed by atoms with Gasteiger partial charge in [0.2, 0.25) is 5.91 Å². The second-order valence-corrected chi connectivity index (χ2v) is 4.23. The van der Waals surface area contributed by atoms with E-state index in [-0.39, 0.29) is 24.6 Å². The molecule has 0 saturated heterocycles. The largest absolute Gasteiger partial charge is 0.481 e. The number of amides is 3. The highest BCUT2D eigenvalue weighted by Crippen LogP contribution is 2.08. The number of carbonyl (C=O) groups excluding carboxylic acids is 2. The van der Waals surface area contributed by atoms with Crippen molar-refractivity contribution in [1.82, 2.24) is 10.5 Å². The number of carboxylic acid groups (broad SMARTS) is 1. The number of aryl methyl sites for hydroxylation is 1. The highest BCUT2D eigenvalue weighted by atomic mass is 16.5. The first-order valence-corrected chi connectivity index (χ1v) is 5.62. The summed E-state index contributed by atoms with van der Waals surface area (Å²) in [6.45, 7) is 3.28. The van der Waals surface area contributed by atoms with Gasteiger partial charge in [-0.25, -0.2) is 4.79 Å². The van der Waals surface area contributed by atoms with Gasteiger partial charge in [-0.15, -0.1) is 0 Å². The molecule has 8 heteroatoms. The Bertz CT molecular complexity index is 482. The predicted molar refractivity (Wildman–Crippen MR) is 64.4 cm³/mol. The fourth-order valence-electron chi connectivity index (χ4n) is 1.44. The second-order valence-electron chi connectivity index (χ2n) is 4.23. The number of nitrogens with one attached hydrogen (secondary N) is 2. The quantitative estimate of drug-likeness (QED) is 0.736. The van der Waals surface area contributed by atoms with Crippen LogP contribution in [0.2, 0.25) is 0 Å². The van der Waals surface area contributed by atoms with Crippen LogP contribution < -0.4 is 10.6 Å². The number of hydrogen-bond donors (Lipinski definition) is 3. The third-order valence-corrected chi connectivity index (χ3v) is 2.18. The normalized spacial score (nSPS) is 11.7. The van der Waals surface area contributed by atoms with Crippen molar-refractivity contribution in [1.29, 1.82) is 0 Å². The first-order chi connectivity index (χ1) is 8.86. The number of carboxylic acids is 1. The molecule has 0 bridgehead atoms. The SMILES string of the molecule is Cc1cc(NC(=O)NC(=O)CC(C)CC(=O)O)no1. The fraction of sp³-hybridized carbons (Fsp3) is 0.455. The van der Waals surface area contributed by atoms with Gasteiger partial charge in [0.1, 0.15) is 5.76 Å². The molecule has 19 heavy (non-hydrogen) atoms. The smallest absolute Gasteiger partial charge is 0.327 e. The van der Waals surface area contributed by atoms with Gasteiger partial charge < -0.3 is 9.63 Å². The molecule has 0 spiro atoms. The molecule has 104 valence electrons. The van der Waals surface area contributed by atoms with Gasteiger partial charge in [0.25, 0.3) is 0 Å². The van der Waals surface area contributed by atoms with Gasteiger partial charge >= 0.3 is 12.0 Å². The molecule has 1 aromatic heterocycles. The van der Waals surface area contributed by atoms with Crippen LogP contribution in [-0.4, -0.2) is 28.2 Å². The average Bonchev–Trinajstić information content (AvgIpc) is 2.61. The van der Waals surface area contributed by atoms with Gasteiger partial charge in [0.05, 0.1) is 0 Å². The topological polar surface area (TPSA) is 122 Å². The summed E-state index contributed by atoms with van der Waals surface area (Å²) in [6.07, 6.45) is -0.172. The van der Waals surface area contributed by atoms with Gasteiger partial charge in [0, 0.05) is 18.9 Å². The fourth-order valence-corrected chi connectivity index (χ4v) is 1.44. The number of carbonyl (C=O) groups is 3. The lowest BCUT2D eigenvalue weighted by Gasteiger charge is -2.08. The number of anilines is 1. The van der Waals surface area contributed by atoms with E-state index in [0.717, 1.165) is 0 Å². The van der Waals surface area contributed by atoms with Crippen molar-refractivity contribution in [2.24, 2.45) is 5.92 Å². The van der Waals surface area contributed by atoms with Crippen LogP contribution >= 0.6 is 0 Å². The maximum atomic E-state index is 11.4. The number of aliphatic carboxylic acids is 1. The molecule has 0 aromatic carbocycles. The summed E-state index contributed by atoms with van der Waals surface area (Å²) in [5.41, 5.74) is 0. The van der Waals surface area contributed by atoms with Gasteiger partial charge in [-0.3, -0.25) is 20.2 Å². The number of rotatable bonds is 5. The van der Waals surface area contributed by atoms with E-state index in [9.17, 15) is 14.4 Å². The maximum Gasteiger partial charge on any atom is 0.327 e. The summed E-state index contributed by atoms with van der Waals surface area (Å²) in [5, 5.41) is 16.5. The minimum atomic E-state index is -0.983. The Morgan fingerprint density at radius 2 is 2.11 bits per heavy atom. The number of imide groups is 1. The van der Waals surface area contributed by atoms with E-state index < -0.39 is 17.9 Å². The monoisotopic (exact) mass is 269 g/mol. The number of nitrogens with zero attached hydrogens (tertiary/aromatic N) is 1. The Morgan fingerprint density at radius 3 is 2.63 bits per heavy atom. The molecule has 3 amide bonds. The number of urea groups is 1. The van der Waals surface area contributed by atoms with E-state index in [1.54, 1.807) is 13.8 Å². The molecule has 8 nitrogen and oxygen atoms in total. The lowest BCUT2D eigenvalue weighted by molar-refractivity contribution is -0.138. The molecule has 0 radical (unpaired) electrons. The van der Waals surface area contributed by atoms with E-state index >= 15 is 0 Å². The molecule has 1 aromatic rings. The Morgan fingerprint density at radius 1 is 1.42 bits per heavy atom. The van der Waals surface area contributed by atoms with Gasteiger partial charge in [0.15, 0.2) is 5.82 Å². The molecular formula is C11H15N3O5. The molecule has 1 rings (SSSR count). The standard InChI is InChI=1S/C11H15N3O5/c1-6(4-10(16)17)3-9(15)13-11(18)12-8-5-7(2)19-14-8/h5-6H,3-4H2,1-2H3,(H,16,17)(H2,12,13,14,15,18). The molecule has 0 aliphatic heterocycles. The molecule has 0 fully saturated rings. The molecule has 0 saturated carbocycles. The Hall–Kier alpha value is -2.38. The van der Waals surface area contributed by atoms with Crippen LogP contribution in [0.1, 0.15) is 25.5 Å². The predicted octanol–water partition coefficient (Wildman–Crippen LogP) is 1.13. The summed E-state index contributed by atoms with van der Waals surface area (Å²) >= 11 is 0. The zero-order chi connectivity index (χ0) is 14.4. The van der Waals surface area contributed by atoms with Crippen molar-refractivity contribution in [2.75, 3.05) is 5.32 Å². The van der Waals surface area contributed by atoms with Crippen LogP contribution in [0, 0.1) is 12.8 Å². The highest BCUT2D eigenvalue weighted by Gasteiger charge is 2.15. The molecule has 1 atom stereocenters. The Balaban J connectivity index is 2.35. The zero-order valence-corrected chi connectivity index (χ0v) is 10.6. The van der Waals surface area contributed by atoms with Crippen LogP contribution in [0.4, 0.5) is 10.6 Å². The van der Waals surface area contributed by atoms with Crippen LogP contribution in [0.15, 0.2) is 10.6 Å². The van der Waals surface area contributed by atoms with E-state index in [0.29, 0.717) is 5.76 Å². The molecule has 1 heterocycles. The molecular weight excluding hydrogens is 254 g/mol. The van der Waals surface area contributed by atoms with Gasteiger partial charge in [-0.2, -0.15) is 0 Å². The maximum absolute atomic E-state index is 11.4. The average molecular weight is 269 g/mol. The number of aromatic nitrogens is 1. The molecule has 0 aliphatic carbocycles. The number of hydrogen-bond acceptors (Lipinski definition) is 5. The highest BCUT2D eigenvalue weighted by molar-refractivity contribution is 6.00. The van der Waals surface area contributed by atoms with Crippen LogP contribution in [0.25, 0.3) is 0 Å². The summed E-state index contributed by atoms with van der Waals surface area (Å²) in [6, 6.07) is 0.762. The minimum Gasteiger partial charge on any atom is -0.481 e. The van der Waals surface area contributed by atoms with Gasteiger partial charge in [-0.1, -0.05) is 12.1 Å². The Labute approximate surface area is 109 Å². The first-order valence-electron chi connectivity index (χ1n) is 5.62. The molecule has 1 unspecified atom stereocenters. The van der Waals surface area contributed by atoms with Crippen molar-refractivity contribution >= 4 is 23.7 Å². The van der Waals surface area contributed by atoms with Crippen LogP contribution in [0.5, 0.6) is 0 Å². The van der Waals surface area contributed by atoms with Crippen molar-refractivity contribution in [3.05, 3.63) is 11.8 Å². The summed E-state index contributed by atoms with van der Waals surface area (Å²) in [5.74, 6) is -1.16. The van der Waals surface area contributed by atoms with Crippen LogP contribution in [-0.2, 0) is 9.59 Å². The lowest BCUT2D eigenvalue weighted by Crippen LogP contribution is -2.35. The Kier molecular flexibility index (Phi) is 5.04. The van der Waals surface area contributed by atoms with E-state index in [4.69, 9.17) is 9.63 Å². The third-order valence-electron chi connectivity index (χ3n) is 2.18. The summed E-state index contributed by atoms with van der Waals surface area (Å²) in [4.78, 5) is 33.3. The van der Waals surface area contributed by atoms with Crippen molar-refractivity contribution in [3.8, 4) is 0 Å². The second kappa shape index (κ2) is 6.53.